The standard InChI is InChI=1S/C11H17BrN2O/c1-2-9(5-6-15)14-11-4-3-8(12)7-10(11)13/h3-4,7,9,14-15H,2,5-6,13H2,1H3. The van der Waals surface area contributed by atoms with Crippen LogP contribution in [0.2, 0.25) is 0 Å². The minimum absolute atomic E-state index is 0.196. The number of nitrogens with two attached hydrogens (primary N) is 1. The van der Waals surface area contributed by atoms with Gasteiger partial charge in [0.1, 0.15) is 0 Å². The van der Waals surface area contributed by atoms with E-state index in [1.165, 1.54) is 0 Å². The van der Waals surface area contributed by atoms with Crippen molar-refractivity contribution >= 4 is 27.3 Å². The molecule has 1 rings (SSSR count). The zero-order valence-corrected chi connectivity index (χ0v) is 10.4. The van der Waals surface area contributed by atoms with Crippen LogP contribution in [0.1, 0.15) is 19.8 Å². The van der Waals surface area contributed by atoms with E-state index in [0.717, 1.165) is 28.7 Å². The second-order valence-electron chi connectivity index (χ2n) is 3.49. The lowest BCUT2D eigenvalue weighted by molar-refractivity contribution is 0.278. The molecule has 0 aliphatic carbocycles. The van der Waals surface area contributed by atoms with E-state index in [1.807, 2.05) is 18.2 Å². The molecule has 0 saturated carbocycles. The van der Waals surface area contributed by atoms with Crippen molar-refractivity contribution in [3.05, 3.63) is 22.7 Å². The normalized spacial score (nSPS) is 12.5. The van der Waals surface area contributed by atoms with Crippen molar-refractivity contribution in [2.24, 2.45) is 0 Å². The average Bonchev–Trinajstić information content (AvgIpc) is 2.21. The van der Waals surface area contributed by atoms with Crippen molar-refractivity contribution in [1.82, 2.24) is 0 Å². The minimum atomic E-state index is 0.196. The van der Waals surface area contributed by atoms with Crippen molar-refractivity contribution in [3.63, 3.8) is 0 Å². The van der Waals surface area contributed by atoms with Crippen LogP contribution in [0.5, 0.6) is 0 Å². The van der Waals surface area contributed by atoms with Crippen LogP contribution in [0, 0.1) is 0 Å². The van der Waals surface area contributed by atoms with Crippen molar-refractivity contribution in [2.45, 2.75) is 25.8 Å². The van der Waals surface area contributed by atoms with Gasteiger partial charge in [-0.05, 0) is 31.0 Å². The molecule has 84 valence electrons. The maximum Gasteiger partial charge on any atom is 0.0576 e. The third kappa shape index (κ3) is 3.72. The molecule has 0 amide bonds. The molecule has 0 spiro atoms. The molecule has 3 nitrogen and oxygen atoms in total. The zero-order chi connectivity index (χ0) is 11.3. The Morgan fingerprint density at radius 3 is 2.80 bits per heavy atom. The monoisotopic (exact) mass is 272 g/mol. The molecule has 0 radical (unpaired) electrons. The fourth-order valence-electron chi connectivity index (χ4n) is 1.42. The highest BCUT2D eigenvalue weighted by molar-refractivity contribution is 9.10. The molecular weight excluding hydrogens is 256 g/mol. The van der Waals surface area contributed by atoms with Crippen molar-refractivity contribution in [3.8, 4) is 0 Å². The minimum Gasteiger partial charge on any atom is -0.397 e. The van der Waals surface area contributed by atoms with Gasteiger partial charge >= 0.3 is 0 Å². The summed E-state index contributed by atoms with van der Waals surface area (Å²) in [4.78, 5) is 0. The molecule has 15 heavy (non-hydrogen) atoms. The molecule has 4 heteroatoms. The van der Waals surface area contributed by atoms with E-state index < -0.39 is 0 Å². The first-order valence-corrected chi connectivity index (χ1v) is 5.89. The summed E-state index contributed by atoms with van der Waals surface area (Å²) in [5, 5.41) is 12.2. The number of aliphatic hydroxyl groups excluding tert-OH is 1. The molecule has 0 aliphatic rings. The van der Waals surface area contributed by atoms with Gasteiger partial charge in [0.2, 0.25) is 0 Å². The Hall–Kier alpha value is -0.740. The fourth-order valence-corrected chi connectivity index (χ4v) is 1.80. The van der Waals surface area contributed by atoms with Crippen LogP contribution in [-0.4, -0.2) is 17.8 Å². The maximum absolute atomic E-state index is 8.88. The summed E-state index contributed by atoms with van der Waals surface area (Å²) < 4.78 is 0.973. The summed E-state index contributed by atoms with van der Waals surface area (Å²) in [6, 6.07) is 6.04. The molecule has 1 aromatic rings. The predicted octanol–water partition coefficient (Wildman–Crippen LogP) is 2.60. The van der Waals surface area contributed by atoms with Crippen LogP contribution in [0.3, 0.4) is 0 Å². The van der Waals surface area contributed by atoms with Gasteiger partial charge in [-0.25, -0.2) is 0 Å². The van der Waals surface area contributed by atoms with Gasteiger partial charge in [-0.2, -0.15) is 0 Å². The lowest BCUT2D eigenvalue weighted by atomic mass is 10.1. The molecule has 1 unspecified atom stereocenters. The number of rotatable bonds is 5. The topological polar surface area (TPSA) is 58.3 Å². The second kappa shape index (κ2) is 5.98. The number of hydrogen-bond acceptors (Lipinski definition) is 3. The summed E-state index contributed by atoms with van der Waals surface area (Å²) in [6.07, 6.45) is 1.71. The fraction of sp³-hybridized carbons (Fsp3) is 0.455. The Kier molecular flexibility index (Phi) is 4.91. The quantitative estimate of drug-likeness (QED) is 0.723. The van der Waals surface area contributed by atoms with Crippen LogP contribution in [0.4, 0.5) is 11.4 Å². The Labute approximate surface area is 98.8 Å². The van der Waals surface area contributed by atoms with Gasteiger partial charge in [-0.3, -0.25) is 0 Å². The highest BCUT2D eigenvalue weighted by Gasteiger charge is 2.07. The van der Waals surface area contributed by atoms with E-state index in [-0.39, 0.29) is 12.6 Å². The summed E-state index contributed by atoms with van der Waals surface area (Å²) in [5.41, 5.74) is 7.52. The van der Waals surface area contributed by atoms with Gasteiger partial charge in [-0.15, -0.1) is 0 Å². The van der Waals surface area contributed by atoms with Crippen molar-refractivity contribution in [2.75, 3.05) is 17.7 Å². The Balaban J connectivity index is 2.70. The molecule has 1 aromatic carbocycles. The second-order valence-corrected chi connectivity index (χ2v) is 4.41. The molecule has 1 atom stereocenters. The van der Waals surface area contributed by atoms with Gasteiger partial charge in [0.05, 0.1) is 11.4 Å². The Bertz CT molecular complexity index is 317. The van der Waals surface area contributed by atoms with Crippen molar-refractivity contribution in [1.29, 1.82) is 0 Å². The first-order chi connectivity index (χ1) is 7.17. The molecule has 0 heterocycles. The number of halogens is 1. The molecule has 0 aromatic heterocycles. The molecule has 0 fully saturated rings. The highest BCUT2D eigenvalue weighted by Crippen LogP contribution is 2.24. The van der Waals surface area contributed by atoms with Gasteiger partial charge in [-0.1, -0.05) is 22.9 Å². The van der Waals surface area contributed by atoms with Crippen molar-refractivity contribution < 1.29 is 5.11 Å². The van der Waals surface area contributed by atoms with Crippen LogP contribution in [-0.2, 0) is 0 Å². The first kappa shape index (κ1) is 12.3. The maximum atomic E-state index is 8.88. The Morgan fingerprint density at radius 2 is 2.27 bits per heavy atom. The van der Waals surface area contributed by atoms with E-state index in [0.29, 0.717) is 0 Å². The third-order valence-electron chi connectivity index (χ3n) is 2.34. The Morgan fingerprint density at radius 1 is 1.53 bits per heavy atom. The summed E-state index contributed by atoms with van der Waals surface area (Å²) >= 11 is 3.36. The first-order valence-electron chi connectivity index (χ1n) is 5.09. The van der Waals surface area contributed by atoms with Crippen LogP contribution < -0.4 is 11.1 Å². The number of nitrogens with one attached hydrogen (secondary N) is 1. The molecule has 0 saturated heterocycles. The number of hydrogen-bond donors (Lipinski definition) is 3. The van der Waals surface area contributed by atoms with E-state index in [4.69, 9.17) is 10.8 Å². The third-order valence-corrected chi connectivity index (χ3v) is 2.84. The molecule has 0 aliphatic heterocycles. The summed E-state index contributed by atoms with van der Waals surface area (Å²) in [5.74, 6) is 0. The van der Waals surface area contributed by atoms with E-state index in [9.17, 15) is 0 Å². The summed E-state index contributed by atoms with van der Waals surface area (Å²) in [6.45, 7) is 2.28. The smallest absolute Gasteiger partial charge is 0.0576 e. The average molecular weight is 273 g/mol. The lowest BCUT2D eigenvalue weighted by Crippen LogP contribution is -2.20. The number of nitrogen functional groups attached to an aromatic ring is 1. The SMILES string of the molecule is CCC(CCO)Nc1ccc(Br)cc1N. The zero-order valence-electron chi connectivity index (χ0n) is 8.83. The summed E-state index contributed by atoms with van der Waals surface area (Å²) in [7, 11) is 0. The van der Waals surface area contributed by atoms with Gasteiger partial charge < -0.3 is 16.2 Å². The predicted molar refractivity (Wildman–Crippen MR) is 68.0 cm³/mol. The lowest BCUT2D eigenvalue weighted by Gasteiger charge is -2.18. The van der Waals surface area contributed by atoms with E-state index >= 15 is 0 Å². The van der Waals surface area contributed by atoms with Crippen LogP contribution in [0.15, 0.2) is 22.7 Å². The number of anilines is 2. The molecule has 4 N–H and O–H groups in total. The number of benzene rings is 1. The van der Waals surface area contributed by atoms with Crippen LogP contribution >= 0.6 is 15.9 Å². The number of aliphatic hydroxyl groups is 1. The van der Waals surface area contributed by atoms with Crippen LogP contribution in [0.25, 0.3) is 0 Å². The van der Waals surface area contributed by atoms with Gasteiger partial charge in [0, 0.05) is 17.1 Å². The highest BCUT2D eigenvalue weighted by atomic mass is 79.9. The largest absolute Gasteiger partial charge is 0.397 e. The van der Waals surface area contributed by atoms with Gasteiger partial charge in [0.25, 0.3) is 0 Å². The molecule has 0 bridgehead atoms. The van der Waals surface area contributed by atoms with Gasteiger partial charge in [0.15, 0.2) is 0 Å². The van der Waals surface area contributed by atoms with E-state index in [2.05, 4.69) is 28.2 Å². The van der Waals surface area contributed by atoms with E-state index in [1.54, 1.807) is 0 Å². The molecular formula is C11H17BrN2O.